The van der Waals surface area contributed by atoms with E-state index in [-0.39, 0.29) is 0 Å². The largest absolute Gasteiger partial charge is 0.316 e. The molecule has 0 aromatic heterocycles. The van der Waals surface area contributed by atoms with Gasteiger partial charge in [-0.25, -0.2) is 0 Å². The third-order valence-electron chi connectivity index (χ3n) is 2.55. The highest BCUT2D eigenvalue weighted by Gasteiger charge is 1.96. The predicted molar refractivity (Wildman–Crippen MR) is 75.2 cm³/mol. The van der Waals surface area contributed by atoms with Gasteiger partial charge in [-0.1, -0.05) is 42.5 Å². The van der Waals surface area contributed by atoms with Crippen LogP contribution in [0.4, 0.5) is 0 Å². The fourth-order valence-corrected chi connectivity index (χ4v) is 2.50. The molecule has 88 valence electrons. The van der Waals surface area contributed by atoms with Gasteiger partial charge >= 0.3 is 0 Å². The Morgan fingerprint density at radius 1 is 0.882 bits per heavy atom. The third-order valence-corrected chi connectivity index (χ3v) is 3.64. The minimum Gasteiger partial charge on any atom is -0.316 e. The Balaban J connectivity index is 1.91. The first-order valence-electron chi connectivity index (χ1n) is 5.79. The van der Waals surface area contributed by atoms with E-state index in [1.165, 1.54) is 16.0 Å². The number of thioether (sulfide) groups is 1. The molecule has 0 fully saturated rings. The number of rotatable bonds is 5. The average Bonchev–Trinajstić information content (AvgIpc) is 2.40. The van der Waals surface area contributed by atoms with E-state index in [4.69, 9.17) is 0 Å². The molecule has 0 aliphatic rings. The van der Waals surface area contributed by atoms with Crippen molar-refractivity contribution in [2.45, 2.75) is 17.2 Å². The van der Waals surface area contributed by atoms with E-state index >= 15 is 0 Å². The van der Waals surface area contributed by atoms with Crippen LogP contribution in [0.25, 0.3) is 0 Å². The van der Waals surface area contributed by atoms with E-state index in [1.54, 1.807) is 0 Å². The molecule has 17 heavy (non-hydrogen) atoms. The summed E-state index contributed by atoms with van der Waals surface area (Å²) in [6, 6.07) is 19.3. The van der Waals surface area contributed by atoms with Gasteiger partial charge in [0.15, 0.2) is 0 Å². The number of benzene rings is 2. The fourth-order valence-electron chi connectivity index (χ4n) is 1.65. The molecule has 0 bridgehead atoms. The van der Waals surface area contributed by atoms with E-state index in [0.29, 0.717) is 0 Å². The molecular formula is C15H17NS. The van der Waals surface area contributed by atoms with E-state index < -0.39 is 0 Å². The van der Waals surface area contributed by atoms with Gasteiger partial charge in [-0.15, -0.1) is 11.8 Å². The smallest absolute Gasteiger partial charge is 0.0231 e. The number of hydrogen-bond donors (Lipinski definition) is 1. The van der Waals surface area contributed by atoms with Crippen molar-refractivity contribution in [3.8, 4) is 0 Å². The molecule has 2 aromatic rings. The summed E-state index contributed by atoms with van der Waals surface area (Å²) in [5, 5.41) is 3.15. The van der Waals surface area contributed by atoms with Crippen molar-refractivity contribution in [3.63, 3.8) is 0 Å². The summed E-state index contributed by atoms with van der Waals surface area (Å²) < 4.78 is 0. The second kappa shape index (κ2) is 6.48. The van der Waals surface area contributed by atoms with Crippen LogP contribution >= 0.6 is 11.8 Å². The molecule has 2 rings (SSSR count). The molecule has 0 unspecified atom stereocenters. The molecule has 2 heteroatoms. The lowest BCUT2D eigenvalue weighted by atomic mass is 10.2. The van der Waals surface area contributed by atoms with Gasteiger partial charge in [0.05, 0.1) is 0 Å². The zero-order valence-electron chi connectivity index (χ0n) is 10.0. The second-order valence-corrected chi connectivity index (χ2v) is 5.00. The van der Waals surface area contributed by atoms with Gasteiger partial charge in [0.25, 0.3) is 0 Å². The predicted octanol–water partition coefficient (Wildman–Crippen LogP) is 3.70. The molecule has 0 saturated heterocycles. The lowest BCUT2D eigenvalue weighted by molar-refractivity contribution is 0.817. The minimum absolute atomic E-state index is 0.934. The normalized spacial score (nSPS) is 10.4. The summed E-state index contributed by atoms with van der Waals surface area (Å²) in [7, 11) is 1.97. The molecule has 0 atom stereocenters. The Morgan fingerprint density at radius 3 is 2.24 bits per heavy atom. The Morgan fingerprint density at radius 2 is 1.59 bits per heavy atom. The van der Waals surface area contributed by atoms with Crippen LogP contribution in [0.15, 0.2) is 59.5 Å². The summed E-state index contributed by atoms with van der Waals surface area (Å²) in [5.41, 5.74) is 2.70. The second-order valence-electron chi connectivity index (χ2n) is 3.95. The number of nitrogens with one attached hydrogen (secondary N) is 1. The average molecular weight is 243 g/mol. The Bertz CT molecular complexity index is 436. The molecule has 0 aliphatic heterocycles. The first-order valence-corrected chi connectivity index (χ1v) is 6.77. The molecule has 0 saturated carbocycles. The molecular weight excluding hydrogens is 226 g/mol. The van der Waals surface area contributed by atoms with Crippen LogP contribution in [-0.4, -0.2) is 7.05 Å². The van der Waals surface area contributed by atoms with Crippen LogP contribution in [-0.2, 0) is 12.3 Å². The molecule has 0 heterocycles. The van der Waals surface area contributed by atoms with Gasteiger partial charge in [0.1, 0.15) is 0 Å². The molecule has 1 N–H and O–H groups in total. The van der Waals surface area contributed by atoms with E-state index in [9.17, 15) is 0 Å². The lowest BCUT2D eigenvalue weighted by Gasteiger charge is -2.04. The molecule has 0 spiro atoms. The van der Waals surface area contributed by atoms with E-state index in [1.807, 2.05) is 18.8 Å². The summed E-state index contributed by atoms with van der Waals surface area (Å²) >= 11 is 1.88. The van der Waals surface area contributed by atoms with Crippen molar-refractivity contribution >= 4 is 11.8 Å². The van der Waals surface area contributed by atoms with Crippen LogP contribution < -0.4 is 5.32 Å². The molecule has 0 aliphatic carbocycles. The first kappa shape index (κ1) is 12.2. The maximum atomic E-state index is 3.15. The van der Waals surface area contributed by atoms with E-state index in [2.05, 4.69) is 59.9 Å². The summed E-state index contributed by atoms with van der Waals surface area (Å²) in [5.74, 6) is 1.03. The van der Waals surface area contributed by atoms with Crippen LogP contribution in [0.2, 0.25) is 0 Å². The zero-order chi connectivity index (χ0) is 11.9. The summed E-state index contributed by atoms with van der Waals surface area (Å²) in [6.07, 6.45) is 0. The van der Waals surface area contributed by atoms with E-state index in [0.717, 1.165) is 12.3 Å². The van der Waals surface area contributed by atoms with Crippen molar-refractivity contribution in [2.24, 2.45) is 0 Å². The van der Waals surface area contributed by atoms with Crippen LogP contribution in [0, 0.1) is 0 Å². The number of hydrogen-bond acceptors (Lipinski definition) is 2. The monoisotopic (exact) mass is 243 g/mol. The van der Waals surface area contributed by atoms with Crippen molar-refractivity contribution < 1.29 is 0 Å². The topological polar surface area (TPSA) is 12.0 Å². The quantitative estimate of drug-likeness (QED) is 0.804. The molecule has 2 aromatic carbocycles. The van der Waals surface area contributed by atoms with Crippen molar-refractivity contribution in [3.05, 3.63) is 65.7 Å². The Kier molecular flexibility index (Phi) is 4.65. The van der Waals surface area contributed by atoms with Gasteiger partial charge < -0.3 is 5.32 Å². The highest BCUT2D eigenvalue weighted by Crippen LogP contribution is 2.22. The van der Waals surface area contributed by atoms with Gasteiger partial charge in [0.2, 0.25) is 0 Å². The molecule has 1 nitrogen and oxygen atoms in total. The Hall–Kier alpha value is -1.25. The third kappa shape index (κ3) is 3.91. The highest BCUT2D eigenvalue weighted by molar-refractivity contribution is 7.98. The van der Waals surface area contributed by atoms with Gasteiger partial charge in [-0.3, -0.25) is 0 Å². The fraction of sp³-hybridized carbons (Fsp3) is 0.200. The van der Waals surface area contributed by atoms with Crippen LogP contribution in [0.5, 0.6) is 0 Å². The van der Waals surface area contributed by atoms with Gasteiger partial charge in [-0.2, -0.15) is 0 Å². The first-order chi connectivity index (χ1) is 8.38. The van der Waals surface area contributed by atoms with Crippen molar-refractivity contribution in [1.29, 1.82) is 0 Å². The van der Waals surface area contributed by atoms with Gasteiger partial charge in [-0.05, 0) is 30.3 Å². The van der Waals surface area contributed by atoms with Crippen molar-refractivity contribution in [2.75, 3.05) is 7.05 Å². The molecule has 0 radical (unpaired) electrons. The lowest BCUT2D eigenvalue weighted by Crippen LogP contribution is -2.04. The standard InChI is InChI=1S/C15H17NS/c1-16-11-13-7-9-15(10-8-13)17-12-14-5-3-2-4-6-14/h2-10,16H,11-12H2,1H3. The Labute approximate surface area is 107 Å². The zero-order valence-corrected chi connectivity index (χ0v) is 10.8. The van der Waals surface area contributed by atoms with Gasteiger partial charge in [0, 0.05) is 17.2 Å². The van der Waals surface area contributed by atoms with Crippen molar-refractivity contribution in [1.82, 2.24) is 5.32 Å². The molecule has 0 amide bonds. The maximum Gasteiger partial charge on any atom is 0.0231 e. The van der Waals surface area contributed by atoms with Crippen LogP contribution in [0.1, 0.15) is 11.1 Å². The summed E-state index contributed by atoms with van der Waals surface area (Å²) in [4.78, 5) is 1.33. The summed E-state index contributed by atoms with van der Waals surface area (Å²) in [6.45, 7) is 0.934. The SMILES string of the molecule is CNCc1ccc(SCc2ccccc2)cc1. The minimum atomic E-state index is 0.934. The maximum absolute atomic E-state index is 3.15. The highest BCUT2D eigenvalue weighted by atomic mass is 32.2. The van der Waals surface area contributed by atoms with Crippen LogP contribution in [0.3, 0.4) is 0 Å².